The molecular weight excluding hydrogens is 382 g/mol. The molecule has 0 aromatic heterocycles. The third-order valence-corrected chi connectivity index (χ3v) is 6.54. The Kier molecular flexibility index (Phi) is 3.94. The fourth-order valence-corrected chi connectivity index (χ4v) is 5.44. The second-order valence-electron chi connectivity index (χ2n) is 8.58. The molecule has 3 aliphatic heterocycles. The second-order valence-corrected chi connectivity index (χ2v) is 8.58. The van der Waals surface area contributed by atoms with Gasteiger partial charge < -0.3 is 10.4 Å². The molecule has 3 heterocycles. The van der Waals surface area contributed by atoms with E-state index in [-0.39, 0.29) is 11.8 Å². The van der Waals surface area contributed by atoms with Crippen molar-refractivity contribution < 1.29 is 19.5 Å². The fraction of sp³-hybridized carbons (Fsp3) is 0.348. The van der Waals surface area contributed by atoms with Gasteiger partial charge in [-0.05, 0) is 50.1 Å². The van der Waals surface area contributed by atoms with Crippen LogP contribution in [0.15, 0.2) is 42.5 Å². The molecule has 2 fully saturated rings. The Balaban J connectivity index is 1.70. The van der Waals surface area contributed by atoms with Crippen molar-refractivity contribution in [1.82, 2.24) is 5.32 Å². The van der Waals surface area contributed by atoms with E-state index in [9.17, 15) is 19.5 Å². The molecule has 0 saturated carbocycles. The lowest BCUT2D eigenvalue weighted by atomic mass is 9.76. The number of para-hydroxylation sites is 1. The standard InChI is InChI=1S/C23H23N3O4/c1-11-8-12(2)10-14(9-11)26-20(28)17-18(21(26)29)23(25-19(17)13(3)27)15-6-4-5-7-16(15)24-22(23)30/h4-10,13,17-19,25,27H,1-3H3,(H,24,30)/t13-,17+,18-,19-,23+/m0/s1. The van der Waals surface area contributed by atoms with Gasteiger partial charge in [0.2, 0.25) is 17.7 Å². The first-order chi connectivity index (χ1) is 14.3. The number of nitrogens with one attached hydrogen (secondary N) is 2. The molecular formula is C23H23N3O4. The maximum absolute atomic E-state index is 13.7. The van der Waals surface area contributed by atoms with E-state index >= 15 is 0 Å². The van der Waals surface area contributed by atoms with Crippen LogP contribution in [0.4, 0.5) is 11.4 Å². The SMILES string of the molecule is Cc1cc(C)cc(N2C(=O)[C@H]3[C@H]([C@H](C)O)N[C@@]4(C(=O)Nc5ccccc54)[C@@H]3C2=O)c1. The Morgan fingerprint density at radius 1 is 1.03 bits per heavy atom. The van der Waals surface area contributed by atoms with E-state index in [0.717, 1.165) is 11.1 Å². The second kappa shape index (κ2) is 6.23. The summed E-state index contributed by atoms with van der Waals surface area (Å²) in [6, 6.07) is 12.0. The number of hydrogen-bond donors (Lipinski definition) is 3. The predicted molar refractivity (Wildman–Crippen MR) is 111 cm³/mol. The van der Waals surface area contributed by atoms with Crippen LogP contribution >= 0.6 is 0 Å². The van der Waals surface area contributed by atoms with Gasteiger partial charge in [-0.25, -0.2) is 4.90 Å². The lowest BCUT2D eigenvalue weighted by Gasteiger charge is -2.30. The minimum atomic E-state index is -1.39. The molecule has 5 rings (SSSR count). The number of aliphatic hydroxyl groups excluding tert-OH is 1. The highest BCUT2D eigenvalue weighted by Gasteiger charge is 2.71. The summed E-state index contributed by atoms with van der Waals surface area (Å²) in [4.78, 5) is 41.7. The van der Waals surface area contributed by atoms with Crippen LogP contribution in [0.2, 0.25) is 0 Å². The number of aliphatic hydroxyl groups is 1. The Bertz CT molecular complexity index is 1090. The molecule has 0 unspecified atom stereocenters. The van der Waals surface area contributed by atoms with E-state index in [4.69, 9.17) is 0 Å². The van der Waals surface area contributed by atoms with Crippen LogP contribution < -0.4 is 15.5 Å². The summed E-state index contributed by atoms with van der Waals surface area (Å²) in [5.41, 5.74) is 2.24. The summed E-state index contributed by atoms with van der Waals surface area (Å²) in [7, 11) is 0. The van der Waals surface area contributed by atoms with Crippen molar-refractivity contribution in [2.75, 3.05) is 10.2 Å². The lowest BCUT2D eigenvalue weighted by molar-refractivity contribution is -0.130. The first-order valence-corrected chi connectivity index (χ1v) is 10.1. The number of carbonyl (C=O) groups is 3. The topological polar surface area (TPSA) is 98.7 Å². The maximum Gasteiger partial charge on any atom is 0.250 e. The molecule has 5 atom stereocenters. The molecule has 0 radical (unpaired) electrons. The van der Waals surface area contributed by atoms with Crippen molar-refractivity contribution in [1.29, 1.82) is 0 Å². The highest BCUT2D eigenvalue weighted by molar-refractivity contribution is 6.25. The van der Waals surface area contributed by atoms with Gasteiger partial charge >= 0.3 is 0 Å². The largest absolute Gasteiger partial charge is 0.392 e. The molecule has 3 amide bonds. The van der Waals surface area contributed by atoms with Crippen LogP contribution in [-0.2, 0) is 19.9 Å². The van der Waals surface area contributed by atoms with Gasteiger partial charge in [0.15, 0.2) is 0 Å². The number of carbonyl (C=O) groups excluding carboxylic acids is 3. The molecule has 0 bridgehead atoms. The van der Waals surface area contributed by atoms with Gasteiger partial charge in [0.1, 0.15) is 5.54 Å². The number of anilines is 2. The normalized spacial score (nSPS) is 30.6. The molecule has 7 nitrogen and oxygen atoms in total. The van der Waals surface area contributed by atoms with Crippen molar-refractivity contribution in [3.8, 4) is 0 Å². The summed E-state index contributed by atoms with van der Waals surface area (Å²) in [6.45, 7) is 5.39. The Morgan fingerprint density at radius 3 is 2.37 bits per heavy atom. The van der Waals surface area contributed by atoms with E-state index in [1.54, 1.807) is 43.3 Å². The van der Waals surface area contributed by atoms with E-state index < -0.39 is 35.4 Å². The van der Waals surface area contributed by atoms with Crippen molar-refractivity contribution >= 4 is 29.1 Å². The van der Waals surface area contributed by atoms with Crippen LogP contribution in [0, 0.1) is 25.7 Å². The molecule has 7 heteroatoms. The van der Waals surface area contributed by atoms with Crippen LogP contribution in [0.1, 0.15) is 23.6 Å². The summed E-state index contributed by atoms with van der Waals surface area (Å²) in [5, 5.41) is 16.5. The lowest BCUT2D eigenvalue weighted by Crippen LogP contribution is -2.54. The zero-order chi connectivity index (χ0) is 21.4. The fourth-order valence-electron chi connectivity index (χ4n) is 5.44. The highest BCUT2D eigenvalue weighted by Crippen LogP contribution is 2.53. The molecule has 3 N–H and O–H groups in total. The number of hydrogen-bond acceptors (Lipinski definition) is 5. The van der Waals surface area contributed by atoms with Crippen LogP contribution in [0.3, 0.4) is 0 Å². The monoisotopic (exact) mass is 405 g/mol. The molecule has 30 heavy (non-hydrogen) atoms. The van der Waals surface area contributed by atoms with Crippen LogP contribution in [0.5, 0.6) is 0 Å². The highest BCUT2D eigenvalue weighted by atomic mass is 16.3. The zero-order valence-corrected chi connectivity index (χ0v) is 17.0. The average Bonchev–Trinajstić information content (AvgIpc) is 3.26. The van der Waals surface area contributed by atoms with E-state index in [1.165, 1.54) is 4.90 Å². The van der Waals surface area contributed by atoms with Gasteiger partial charge in [0.05, 0.1) is 23.6 Å². The summed E-state index contributed by atoms with van der Waals surface area (Å²) in [6.07, 6.45) is -0.923. The van der Waals surface area contributed by atoms with Gasteiger partial charge in [-0.1, -0.05) is 24.3 Å². The number of rotatable bonds is 2. The van der Waals surface area contributed by atoms with Crippen LogP contribution in [-0.4, -0.2) is 35.0 Å². The Morgan fingerprint density at radius 2 is 1.70 bits per heavy atom. The molecule has 2 saturated heterocycles. The maximum atomic E-state index is 13.7. The summed E-state index contributed by atoms with van der Waals surface area (Å²) >= 11 is 0. The Labute approximate surface area is 174 Å². The van der Waals surface area contributed by atoms with Gasteiger partial charge in [-0.2, -0.15) is 0 Å². The van der Waals surface area contributed by atoms with Gasteiger partial charge in [-0.3, -0.25) is 19.7 Å². The van der Waals surface area contributed by atoms with Gasteiger partial charge in [0, 0.05) is 17.3 Å². The predicted octanol–water partition coefficient (Wildman–Crippen LogP) is 1.61. The number of fused-ring (bicyclic) bond motifs is 4. The first kappa shape index (κ1) is 19.0. The van der Waals surface area contributed by atoms with E-state index in [2.05, 4.69) is 10.6 Å². The third kappa shape index (κ3) is 2.30. The third-order valence-electron chi connectivity index (χ3n) is 6.54. The van der Waals surface area contributed by atoms with Crippen molar-refractivity contribution in [3.05, 3.63) is 59.2 Å². The number of aryl methyl sites for hydroxylation is 2. The smallest absolute Gasteiger partial charge is 0.250 e. The quantitative estimate of drug-likeness (QED) is 0.660. The van der Waals surface area contributed by atoms with Gasteiger partial charge in [-0.15, -0.1) is 0 Å². The molecule has 2 aromatic carbocycles. The average molecular weight is 405 g/mol. The Hall–Kier alpha value is -3.03. The number of nitrogens with zero attached hydrogens (tertiary/aromatic N) is 1. The first-order valence-electron chi connectivity index (χ1n) is 10.1. The molecule has 3 aliphatic rings. The van der Waals surface area contributed by atoms with Crippen molar-refractivity contribution in [3.63, 3.8) is 0 Å². The zero-order valence-electron chi connectivity index (χ0n) is 17.0. The van der Waals surface area contributed by atoms with E-state index in [0.29, 0.717) is 16.9 Å². The van der Waals surface area contributed by atoms with Gasteiger partial charge in [0.25, 0.3) is 0 Å². The van der Waals surface area contributed by atoms with E-state index in [1.807, 2.05) is 19.9 Å². The number of amides is 3. The van der Waals surface area contributed by atoms with Crippen molar-refractivity contribution in [2.24, 2.45) is 11.8 Å². The molecule has 154 valence electrons. The summed E-state index contributed by atoms with van der Waals surface area (Å²) in [5.74, 6) is -2.95. The summed E-state index contributed by atoms with van der Waals surface area (Å²) < 4.78 is 0. The number of benzene rings is 2. The molecule has 2 aromatic rings. The molecule has 1 spiro atoms. The van der Waals surface area contributed by atoms with Crippen molar-refractivity contribution in [2.45, 2.75) is 38.5 Å². The van der Waals surface area contributed by atoms with Crippen LogP contribution in [0.25, 0.3) is 0 Å². The number of imide groups is 1. The minimum absolute atomic E-state index is 0.370. The minimum Gasteiger partial charge on any atom is -0.392 e. The molecule has 0 aliphatic carbocycles.